The summed E-state index contributed by atoms with van der Waals surface area (Å²) >= 11 is 0. The fourth-order valence-electron chi connectivity index (χ4n) is 3.36. The molecule has 1 aromatic rings. The van der Waals surface area contributed by atoms with Gasteiger partial charge in [0.05, 0.1) is 0 Å². The standard InChI is InChI=1S/C21H24O2.CH2O/c1-17-9-8-12-19(14-13-17)23-21(15-6-3-7-16-21)20(22)18-10-4-2-5-11-18;1-2/h2,4-5,9-14H,3,6-8,15-16H2,1H3;1H2. The summed E-state index contributed by atoms with van der Waals surface area (Å²) in [5.74, 6) is 0.949. The van der Waals surface area contributed by atoms with Crippen molar-refractivity contribution < 1.29 is 14.3 Å². The third-order valence-corrected chi connectivity index (χ3v) is 4.69. The van der Waals surface area contributed by atoms with Gasteiger partial charge in [-0.15, -0.1) is 0 Å². The summed E-state index contributed by atoms with van der Waals surface area (Å²) in [6.07, 6.45) is 14.0. The Morgan fingerprint density at radius 1 is 1.00 bits per heavy atom. The molecule has 0 amide bonds. The zero-order chi connectivity index (χ0) is 18.1. The topological polar surface area (TPSA) is 43.4 Å². The quantitative estimate of drug-likeness (QED) is 0.709. The van der Waals surface area contributed by atoms with E-state index in [1.807, 2.05) is 43.2 Å². The molecule has 0 aliphatic heterocycles. The van der Waals surface area contributed by atoms with E-state index in [1.54, 1.807) is 0 Å². The van der Waals surface area contributed by atoms with Crippen molar-refractivity contribution in [3.63, 3.8) is 0 Å². The molecule has 0 spiro atoms. The van der Waals surface area contributed by atoms with Crippen LogP contribution in [-0.4, -0.2) is 18.2 Å². The minimum Gasteiger partial charge on any atom is -0.479 e. The molecule has 0 bridgehead atoms. The fourth-order valence-corrected chi connectivity index (χ4v) is 3.36. The van der Waals surface area contributed by atoms with Crippen LogP contribution < -0.4 is 0 Å². The summed E-state index contributed by atoms with van der Waals surface area (Å²) in [7, 11) is 0. The predicted molar refractivity (Wildman–Crippen MR) is 100 cm³/mol. The Balaban J connectivity index is 0.00000109. The van der Waals surface area contributed by atoms with Crippen LogP contribution in [0.4, 0.5) is 0 Å². The number of ketones is 1. The Kier molecular flexibility index (Phi) is 6.93. The summed E-state index contributed by atoms with van der Waals surface area (Å²) < 4.78 is 6.36. The molecular formula is C22H26O3. The monoisotopic (exact) mass is 338 g/mol. The van der Waals surface area contributed by atoms with Crippen molar-refractivity contribution in [1.82, 2.24) is 0 Å². The van der Waals surface area contributed by atoms with Crippen molar-refractivity contribution in [2.45, 2.75) is 51.0 Å². The molecule has 2 aliphatic rings. The van der Waals surface area contributed by atoms with Crippen molar-refractivity contribution in [2.24, 2.45) is 0 Å². The van der Waals surface area contributed by atoms with Crippen LogP contribution in [-0.2, 0) is 9.53 Å². The number of allylic oxidation sites excluding steroid dienone is 5. The first-order valence-corrected chi connectivity index (χ1v) is 8.82. The Morgan fingerprint density at radius 3 is 2.36 bits per heavy atom. The van der Waals surface area contributed by atoms with Crippen LogP contribution in [0.25, 0.3) is 0 Å². The third-order valence-electron chi connectivity index (χ3n) is 4.69. The molecule has 1 saturated carbocycles. The summed E-state index contributed by atoms with van der Waals surface area (Å²) in [5.41, 5.74) is 1.28. The Morgan fingerprint density at radius 2 is 1.68 bits per heavy atom. The number of benzene rings is 1. The number of hydrogen-bond donors (Lipinski definition) is 0. The van der Waals surface area contributed by atoms with Crippen LogP contribution >= 0.6 is 0 Å². The molecule has 0 radical (unpaired) electrons. The number of rotatable bonds is 4. The van der Waals surface area contributed by atoms with E-state index < -0.39 is 5.60 Å². The van der Waals surface area contributed by atoms with Gasteiger partial charge in [0.25, 0.3) is 0 Å². The van der Waals surface area contributed by atoms with Crippen LogP contribution in [0, 0.1) is 0 Å². The summed E-state index contributed by atoms with van der Waals surface area (Å²) in [4.78, 5) is 21.2. The highest BCUT2D eigenvalue weighted by Gasteiger charge is 2.42. The maximum Gasteiger partial charge on any atom is 0.206 e. The van der Waals surface area contributed by atoms with Gasteiger partial charge < -0.3 is 9.53 Å². The van der Waals surface area contributed by atoms with Crippen LogP contribution in [0.1, 0.15) is 55.8 Å². The minimum absolute atomic E-state index is 0.126. The zero-order valence-corrected chi connectivity index (χ0v) is 14.9. The Hall–Kier alpha value is -2.42. The Bertz CT molecular complexity index is 662. The SMILES string of the molecule is C=O.CC1=CCC=C(OC2(C(=O)c3ccccc3)CCCCC2)C=C1. The van der Waals surface area contributed by atoms with Gasteiger partial charge in [0, 0.05) is 5.56 Å². The third kappa shape index (κ3) is 4.79. The molecule has 3 heteroatoms. The van der Waals surface area contributed by atoms with E-state index in [0.717, 1.165) is 43.4 Å². The molecule has 1 aromatic carbocycles. The second-order valence-corrected chi connectivity index (χ2v) is 6.48. The second kappa shape index (κ2) is 9.16. The van der Waals surface area contributed by atoms with Gasteiger partial charge in [0.15, 0.2) is 5.60 Å². The number of ether oxygens (including phenoxy) is 1. The van der Waals surface area contributed by atoms with E-state index in [-0.39, 0.29) is 5.78 Å². The summed E-state index contributed by atoms with van der Waals surface area (Å²) in [6.45, 7) is 4.08. The average molecular weight is 338 g/mol. The van der Waals surface area contributed by atoms with E-state index in [4.69, 9.17) is 9.53 Å². The molecule has 0 N–H and O–H groups in total. The van der Waals surface area contributed by atoms with Crippen molar-refractivity contribution in [3.8, 4) is 0 Å². The first kappa shape index (κ1) is 18.9. The van der Waals surface area contributed by atoms with Crippen molar-refractivity contribution >= 4 is 12.6 Å². The minimum atomic E-state index is -0.700. The molecule has 25 heavy (non-hydrogen) atoms. The van der Waals surface area contributed by atoms with Crippen molar-refractivity contribution in [2.75, 3.05) is 0 Å². The average Bonchev–Trinajstić information content (AvgIpc) is 2.88. The van der Waals surface area contributed by atoms with E-state index in [1.165, 1.54) is 12.0 Å². The van der Waals surface area contributed by atoms with E-state index in [0.29, 0.717) is 0 Å². The number of hydrogen-bond acceptors (Lipinski definition) is 3. The van der Waals surface area contributed by atoms with Crippen molar-refractivity contribution in [1.29, 1.82) is 0 Å². The Labute approximate surface area is 150 Å². The second-order valence-electron chi connectivity index (χ2n) is 6.48. The first-order chi connectivity index (χ1) is 12.2. The highest BCUT2D eigenvalue weighted by atomic mass is 16.5. The molecule has 0 unspecified atom stereocenters. The van der Waals surface area contributed by atoms with Crippen LogP contribution in [0.5, 0.6) is 0 Å². The maximum absolute atomic E-state index is 13.2. The first-order valence-electron chi connectivity index (χ1n) is 8.82. The number of carbonyl (C=O) groups is 2. The van der Waals surface area contributed by atoms with Gasteiger partial charge in [0.1, 0.15) is 12.5 Å². The molecule has 0 saturated heterocycles. The molecule has 132 valence electrons. The molecule has 3 rings (SSSR count). The van der Waals surface area contributed by atoms with Gasteiger partial charge in [-0.3, -0.25) is 4.79 Å². The van der Waals surface area contributed by atoms with E-state index in [9.17, 15) is 4.79 Å². The molecule has 1 fully saturated rings. The number of carbonyl (C=O) groups excluding carboxylic acids is 2. The van der Waals surface area contributed by atoms with Gasteiger partial charge in [-0.25, -0.2) is 0 Å². The maximum atomic E-state index is 13.2. The molecule has 2 aliphatic carbocycles. The lowest BCUT2D eigenvalue weighted by atomic mass is 9.79. The largest absolute Gasteiger partial charge is 0.479 e. The summed E-state index contributed by atoms with van der Waals surface area (Å²) in [6, 6.07) is 9.57. The van der Waals surface area contributed by atoms with Gasteiger partial charge in [0.2, 0.25) is 5.78 Å². The van der Waals surface area contributed by atoms with Gasteiger partial charge in [-0.05, 0) is 51.2 Å². The molecule has 0 heterocycles. The van der Waals surface area contributed by atoms with Crippen LogP contribution in [0.3, 0.4) is 0 Å². The van der Waals surface area contributed by atoms with E-state index in [2.05, 4.69) is 25.2 Å². The van der Waals surface area contributed by atoms with Crippen LogP contribution in [0.2, 0.25) is 0 Å². The van der Waals surface area contributed by atoms with Crippen molar-refractivity contribution in [3.05, 3.63) is 71.5 Å². The predicted octanol–water partition coefficient (Wildman–Crippen LogP) is 5.19. The molecule has 0 aromatic heterocycles. The lowest BCUT2D eigenvalue weighted by molar-refractivity contribution is -0.0980. The lowest BCUT2D eigenvalue weighted by Crippen LogP contribution is -2.43. The molecule has 3 nitrogen and oxygen atoms in total. The lowest BCUT2D eigenvalue weighted by Gasteiger charge is -2.36. The van der Waals surface area contributed by atoms with Crippen LogP contribution in [0.15, 0.2) is 66.0 Å². The molecular weight excluding hydrogens is 312 g/mol. The van der Waals surface area contributed by atoms with E-state index >= 15 is 0 Å². The summed E-state index contributed by atoms with van der Waals surface area (Å²) in [5, 5.41) is 0. The zero-order valence-electron chi connectivity index (χ0n) is 14.9. The normalized spacial score (nSPS) is 18.8. The van der Waals surface area contributed by atoms with Gasteiger partial charge in [-0.1, -0.05) is 54.5 Å². The highest BCUT2D eigenvalue weighted by Crippen LogP contribution is 2.37. The number of Topliss-reactive ketones (excluding diaryl/α,β-unsaturated/α-hetero) is 1. The van der Waals surface area contributed by atoms with Gasteiger partial charge in [-0.2, -0.15) is 0 Å². The smallest absolute Gasteiger partial charge is 0.206 e. The highest BCUT2D eigenvalue weighted by molar-refractivity contribution is 6.02. The van der Waals surface area contributed by atoms with Gasteiger partial charge >= 0.3 is 0 Å². The molecule has 0 atom stereocenters. The fraction of sp³-hybridized carbons (Fsp3) is 0.364.